The molecule has 3 heterocycles. The largest absolute Gasteiger partial charge is 0.542 e. The summed E-state index contributed by atoms with van der Waals surface area (Å²) in [4.78, 5) is 24.4. The van der Waals surface area contributed by atoms with Gasteiger partial charge in [-0.25, -0.2) is 0 Å². The fourth-order valence-corrected chi connectivity index (χ4v) is 4.04. The monoisotopic (exact) mass is 572 g/mol. The van der Waals surface area contributed by atoms with Crippen LogP contribution >= 0.6 is 11.6 Å². The third-order valence-electron chi connectivity index (χ3n) is 5.77. The number of alkyl halides is 3. The van der Waals surface area contributed by atoms with E-state index in [2.05, 4.69) is 35.9 Å². The lowest BCUT2D eigenvalue weighted by atomic mass is 9.84. The molecule has 0 amide bonds. The number of nitrogens with zero attached hydrogens (tertiary/aromatic N) is 5. The number of carboxylic acid groups (broad SMARTS) is 1. The average Bonchev–Trinajstić information content (AvgIpc) is 3.16. The molecule has 212 valence electrons. The number of hydrogen-bond donors (Lipinski definition) is 1. The van der Waals surface area contributed by atoms with Crippen molar-refractivity contribution in [1.29, 1.82) is 0 Å². The number of morpholine rings is 1. The first-order valence-corrected chi connectivity index (χ1v) is 12.1. The summed E-state index contributed by atoms with van der Waals surface area (Å²) < 4.78 is 45.8. The number of carbonyl (C=O) groups is 2. The van der Waals surface area contributed by atoms with E-state index in [0.717, 1.165) is 30.1 Å². The lowest BCUT2D eigenvalue weighted by Gasteiger charge is -2.33. The van der Waals surface area contributed by atoms with Gasteiger partial charge in [-0.05, 0) is 23.6 Å². The Kier molecular flexibility index (Phi) is 8.91. The quantitative estimate of drug-likeness (QED) is 0.356. The van der Waals surface area contributed by atoms with Crippen molar-refractivity contribution in [3.8, 4) is 5.75 Å². The lowest BCUT2D eigenvalue weighted by Crippen LogP contribution is -2.37. The summed E-state index contributed by atoms with van der Waals surface area (Å²) in [7, 11) is 1.67. The molecule has 1 fully saturated rings. The summed E-state index contributed by atoms with van der Waals surface area (Å²) in [5, 5.41) is 17.5. The molecule has 1 saturated heterocycles. The van der Waals surface area contributed by atoms with Crippen LogP contribution in [0.15, 0.2) is 24.3 Å². The minimum Gasteiger partial charge on any atom is -0.542 e. The molecule has 4 rings (SSSR count). The number of benzene rings is 1. The maximum atomic E-state index is 13.4. The Balaban J connectivity index is 0.000000532. The van der Waals surface area contributed by atoms with E-state index in [9.17, 15) is 18.0 Å². The van der Waals surface area contributed by atoms with Crippen molar-refractivity contribution in [3.63, 3.8) is 0 Å². The number of nitrogens with two attached hydrogens (primary N) is 1. The molecule has 2 N–H and O–H groups in total. The fraction of sp³-hybridized carbons (Fsp3) is 0.458. The van der Waals surface area contributed by atoms with Gasteiger partial charge < -0.3 is 30.0 Å². The number of nitrogen functional groups attached to an aromatic ring is 1. The van der Waals surface area contributed by atoms with Gasteiger partial charge in [0.2, 0.25) is 0 Å². The molecule has 0 spiro atoms. The molecule has 2 aromatic heterocycles. The van der Waals surface area contributed by atoms with Gasteiger partial charge in [0, 0.05) is 35.4 Å². The third-order valence-corrected chi connectivity index (χ3v) is 5.97. The lowest BCUT2D eigenvalue weighted by molar-refractivity contribution is -0.565. The van der Waals surface area contributed by atoms with Crippen molar-refractivity contribution in [2.45, 2.75) is 38.9 Å². The number of carboxylic acids is 1. The van der Waals surface area contributed by atoms with E-state index in [-0.39, 0.29) is 23.7 Å². The highest BCUT2D eigenvalue weighted by molar-refractivity contribution is 6.29. The van der Waals surface area contributed by atoms with E-state index in [0.29, 0.717) is 29.6 Å². The smallest absolute Gasteiger partial charge is 0.430 e. The maximum Gasteiger partial charge on any atom is 0.430 e. The summed E-state index contributed by atoms with van der Waals surface area (Å²) in [6.45, 7) is 9.08. The molecule has 1 aromatic carbocycles. The molecule has 1 aliphatic rings. The normalized spacial score (nSPS) is 14.1. The van der Waals surface area contributed by atoms with Crippen LogP contribution in [0.5, 0.6) is 5.75 Å². The summed E-state index contributed by atoms with van der Waals surface area (Å²) in [5.41, 5.74) is 8.79. The average molecular weight is 573 g/mol. The molecule has 0 radical (unpaired) electrons. The Morgan fingerprint density at radius 1 is 1.21 bits per heavy atom. The van der Waals surface area contributed by atoms with Gasteiger partial charge in [-0.2, -0.15) is 13.2 Å². The Bertz CT molecular complexity index is 1370. The van der Waals surface area contributed by atoms with Gasteiger partial charge in [0.15, 0.2) is 17.5 Å². The third kappa shape index (κ3) is 7.06. The van der Waals surface area contributed by atoms with E-state index < -0.39 is 12.1 Å². The second-order valence-corrected chi connectivity index (χ2v) is 9.96. The van der Waals surface area contributed by atoms with E-state index in [4.69, 9.17) is 36.7 Å². The van der Waals surface area contributed by atoms with Crippen LogP contribution in [-0.4, -0.2) is 66.2 Å². The van der Waals surface area contributed by atoms with Gasteiger partial charge in [0.05, 0.1) is 26.0 Å². The predicted octanol–water partition coefficient (Wildman–Crippen LogP) is 1.58. The molecule has 39 heavy (non-hydrogen) atoms. The zero-order valence-corrected chi connectivity index (χ0v) is 22.5. The van der Waals surface area contributed by atoms with Gasteiger partial charge in [-0.1, -0.05) is 36.9 Å². The summed E-state index contributed by atoms with van der Waals surface area (Å²) >= 11 is 5.96. The van der Waals surface area contributed by atoms with Crippen molar-refractivity contribution < 1.29 is 41.9 Å². The van der Waals surface area contributed by atoms with E-state index in [1.165, 1.54) is 9.20 Å². The molecule has 0 saturated carbocycles. The number of rotatable bonds is 5. The Hall–Kier alpha value is -3.65. The van der Waals surface area contributed by atoms with Crippen molar-refractivity contribution in [3.05, 3.63) is 40.5 Å². The van der Waals surface area contributed by atoms with Gasteiger partial charge in [0.25, 0.3) is 5.65 Å². The topological polar surface area (TPSA) is 140 Å². The van der Waals surface area contributed by atoms with Crippen LogP contribution in [0.25, 0.3) is 5.65 Å². The molecular formula is C24H28ClF3N6O5. The number of Topliss-reactive ketones (excluding diaryl/α,β-unsaturated/α-hetero) is 1. The van der Waals surface area contributed by atoms with Crippen LogP contribution in [0.1, 0.15) is 36.7 Å². The SMILES string of the molecule is COc1c(N2CCOCC2)cc(C(=O)Cn2nc(N)[n+]3nc(Cl)ccc23)cc1C(C)(C)C.O=C([O-])C(F)(F)F. The number of fused-ring (bicyclic) bond motifs is 1. The number of carbonyl (C=O) groups excluding carboxylic acids is 2. The van der Waals surface area contributed by atoms with Gasteiger partial charge in [0.1, 0.15) is 11.7 Å². The maximum absolute atomic E-state index is 13.4. The number of aromatic nitrogens is 4. The molecule has 0 atom stereocenters. The standard InChI is InChI=1S/C22H28ClN6O3.C2HF3O2/c1-22(2,3)15-11-14(12-16(20(15)31-4)27-7-9-32-10-8-27)17(30)13-28-19-6-5-18(23)25-29(19)21(24)26-28;3-2(4,5)1(6)7/h5-6,11-12H,7-10,13H2,1-4H3,(H2,24,26);(H,6,7)/q+1;/p-1. The molecular weight excluding hydrogens is 545 g/mol. The van der Waals surface area contributed by atoms with Gasteiger partial charge in [-0.3, -0.25) is 4.79 Å². The molecule has 1 aliphatic heterocycles. The van der Waals surface area contributed by atoms with Crippen LogP contribution in [0.2, 0.25) is 5.15 Å². The number of methoxy groups -OCH3 is 1. The molecule has 0 bridgehead atoms. The first-order valence-electron chi connectivity index (χ1n) is 11.7. The van der Waals surface area contributed by atoms with E-state index in [1.54, 1.807) is 19.2 Å². The van der Waals surface area contributed by atoms with Crippen molar-refractivity contribution >= 4 is 40.6 Å². The van der Waals surface area contributed by atoms with E-state index in [1.807, 2.05) is 12.1 Å². The molecule has 0 unspecified atom stereocenters. The highest BCUT2D eigenvalue weighted by Gasteiger charge is 2.29. The van der Waals surface area contributed by atoms with Crippen LogP contribution < -0.4 is 25.0 Å². The molecule has 0 aliphatic carbocycles. The number of hydrogen-bond acceptors (Lipinski definition) is 9. The number of ether oxygens (including phenoxy) is 2. The highest BCUT2D eigenvalue weighted by atomic mass is 35.5. The number of ketones is 1. The van der Waals surface area contributed by atoms with Crippen LogP contribution in [-0.2, 0) is 21.5 Å². The molecule has 11 nitrogen and oxygen atoms in total. The zero-order chi connectivity index (χ0) is 29.1. The number of aliphatic carboxylic acids is 1. The Morgan fingerprint density at radius 3 is 2.36 bits per heavy atom. The Labute approximate surface area is 226 Å². The fourth-order valence-electron chi connectivity index (χ4n) is 3.90. The van der Waals surface area contributed by atoms with Crippen LogP contribution in [0.4, 0.5) is 24.8 Å². The van der Waals surface area contributed by atoms with Gasteiger partial charge in [-0.15, -0.1) is 9.78 Å². The highest BCUT2D eigenvalue weighted by Crippen LogP contribution is 2.40. The minimum absolute atomic E-state index is 0.0163. The predicted molar refractivity (Wildman–Crippen MR) is 133 cm³/mol. The van der Waals surface area contributed by atoms with Crippen LogP contribution in [0.3, 0.4) is 0 Å². The summed E-state index contributed by atoms with van der Waals surface area (Å²) in [6.07, 6.45) is -5.19. The van der Waals surface area contributed by atoms with E-state index >= 15 is 0 Å². The summed E-state index contributed by atoms with van der Waals surface area (Å²) in [6, 6.07) is 7.20. The van der Waals surface area contributed by atoms with Crippen molar-refractivity contribution in [2.75, 3.05) is 44.0 Å². The Morgan fingerprint density at radius 2 is 1.82 bits per heavy atom. The second-order valence-electron chi connectivity index (χ2n) is 9.58. The first-order chi connectivity index (χ1) is 18.1. The number of anilines is 2. The number of halogens is 4. The summed E-state index contributed by atoms with van der Waals surface area (Å²) in [5.74, 6) is -2.14. The zero-order valence-electron chi connectivity index (χ0n) is 21.7. The second kappa shape index (κ2) is 11.6. The van der Waals surface area contributed by atoms with Crippen molar-refractivity contribution in [2.24, 2.45) is 0 Å². The molecule has 3 aromatic rings. The van der Waals surface area contributed by atoms with Crippen molar-refractivity contribution in [1.82, 2.24) is 14.9 Å². The molecule has 15 heteroatoms. The van der Waals surface area contributed by atoms with Crippen LogP contribution in [0, 0.1) is 0 Å². The minimum atomic E-state index is -5.19. The van der Waals surface area contributed by atoms with Gasteiger partial charge >= 0.3 is 12.1 Å². The first kappa shape index (κ1) is 29.9.